The van der Waals surface area contributed by atoms with Crippen LogP contribution in [0, 0.1) is 11.6 Å². The van der Waals surface area contributed by atoms with Crippen LogP contribution >= 0.6 is 0 Å². The highest BCUT2D eigenvalue weighted by Crippen LogP contribution is 2.15. The number of nitrogens with two attached hydrogens (primary N) is 1. The van der Waals surface area contributed by atoms with Crippen molar-refractivity contribution in [2.24, 2.45) is 5.73 Å². The van der Waals surface area contributed by atoms with Gasteiger partial charge in [-0.3, -0.25) is 0 Å². The van der Waals surface area contributed by atoms with Gasteiger partial charge in [0.15, 0.2) is 0 Å². The molecule has 0 radical (unpaired) electrons. The Morgan fingerprint density at radius 2 is 2.17 bits per heavy atom. The van der Waals surface area contributed by atoms with Crippen LogP contribution in [0.1, 0.15) is 17.3 Å². The van der Waals surface area contributed by atoms with Gasteiger partial charge >= 0.3 is 0 Å². The molecule has 0 fully saturated rings. The Morgan fingerprint density at radius 1 is 1.39 bits per heavy atom. The van der Waals surface area contributed by atoms with Gasteiger partial charge in [0, 0.05) is 11.8 Å². The fourth-order valence-electron chi connectivity index (χ4n) is 1.71. The Kier molecular flexibility index (Phi) is 3.69. The van der Waals surface area contributed by atoms with E-state index < -0.39 is 17.7 Å². The van der Waals surface area contributed by atoms with Crippen molar-refractivity contribution in [2.75, 3.05) is 6.61 Å². The summed E-state index contributed by atoms with van der Waals surface area (Å²) >= 11 is 0. The molecule has 0 aliphatic heterocycles. The smallest absolute Gasteiger partial charge is 0.128 e. The molecule has 1 unspecified atom stereocenters. The molecular formula is C12H13F2N3O. The molecule has 0 saturated carbocycles. The van der Waals surface area contributed by atoms with Crippen LogP contribution in [-0.2, 0) is 6.54 Å². The topological polar surface area (TPSA) is 64.1 Å². The van der Waals surface area contributed by atoms with E-state index in [1.54, 1.807) is 4.57 Å². The monoisotopic (exact) mass is 253 g/mol. The minimum Gasteiger partial charge on any atom is -0.394 e. The van der Waals surface area contributed by atoms with Crippen molar-refractivity contribution in [3.63, 3.8) is 0 Å². The van der Waals surface area contributed by atoms with E-state index in [0.29, 0.717) is 5.69 Å². The van der Waals surface area contributed by atoms with Crippen LogP contribution in [0.4, 0.5) is 8.78 Å². The third-order valence-electron chi connectivity index (χ3n) is 2.67. The average Bonchev–Trinajstić information content (AvgIpc) is 2.81. The summed E-state index contributed by atoms with van der Waals surface area (Å²) < 4.78 is 28.1. The number of hydrogen-bond donors (Lipinski definition) is 2. The molecule has 1 heterocycles. The van der Waals surface area contributed by atoms with Crippen molar-refractivity contribution in [2.45, 2.75) is 12.6 Å². The first kappa shape index (κ1) is 12.7. The van der Waals surface area contributed by atoms with Gasteiger partial charge in [-0.25, -0.2) is 13.8 Å². The van der Waals surface area contributed by atoms with Crippen LogP contribution in [-0.4, -0.2) is 21.3 Å². The van der Waals surface area contributed by atoms with Crippen LogP contribution < -0.4 is 5.73 Å². The van der Waals surface area contributed by atoms with Gasteiger partial charge in [-0.1, -0.05) is 0 Å². The maximum Gasteiger partial charge on any atom is 0.128 e. The second kappa shape index (κ2) is 5.24. The summed E-state index contributed by atoms with van der Waals surface area (Å²) in [5, 5.41) is 9.00. The fraction of sp³-hybridized carbons (Fsp3) is 0.250. The Morgan fingerprint density at radius 3 is 2.89 bits per heavy atom. The molecule has 0 bridgehead atoms. The zero-order valence-corrected chi connectivity index (χ0v) is 9.55. The normalized spacial score (nSPS) is 12.7. The molecule has 6 heteroatoms. The Labute approximate surface area is 103 Å². The standard InChI is InChI=1S/C12H13F2N3O/c13-9-1-2-10(14)8(3-9)5-17-7-16-4-12(17)11(15)6-18/h1-4,7,11,18H,5-6,15H2. The van der Waals surface area contributed by atoms with Crippen LogP contribution in [0.5, 0.6) is 0 Å². The van der Waals surface area contributed by atoms with Gasteiger partial charge in [0.05, 0.1) is 31.2 Å². The second-order valence-electron chi connectivity index (χ2n) is 3.97. The molecule has 3 N–H and O–H groups in total. The van der Waals surface area contributed by atoms with Crippen molar-refractivity contribution in [1.82, 2.24) is 9.55 Å². The molecule has 2 aromatic rings. The molecule has 0 saturated heterocycles. The summed E-state index contributed by atoms with van der Waals surface area (Å²) in [7, 11) is 0. The fourth-order valence-corrected chi connectivity index (χ4v) is 1.71. The van der Waals surface area contributed by atoms with Crippen LogP contribution in [0.25, 0.3) is 0 Å². The van der Waals surface area contributed by atoms with E-state index in [9.17, 15) is 8.78 Å². The zero-order chi connectivity index (χ0) is 13.1. The van der Waals surface area contributed by atoms with Crippen molar-refractivity contribution in [3.8, 4) is 0 Å². The third kappa shape index (κ3) is 2.55. The Hall–Kier alpha value is -1.79. The van der Waals surface area contributed by atoms with Gasteiger partial charge in [-0.15, -0.1) is 0 Å². The van der Waals surface area contributed by atoms with Crippen molar-refractivity contribution in [3.05, 3.63) is 53.6 Å². The SMILES string of the molecule is NC(CO)c1cncn1Cc1cc(F)ccc1F. The van der Waals surface area contributed by atoms with Crippen molar-refractivity contribution < 1.29 is 13.9 Å². The lowest BCUT2D eigenvalue weighted by Crippen LogP contribution is -2.19. The first-order chi connectivity index (χ1) is 8.61. The number of halogens is 2. The molecule has 1 atom stereocenters. The lowest BCUT2D eigenvalue weighted by atomic mass is 10.2. The molecule has 1 aromatic heterocycles. The average molecular weight is 253 g/mol. The van der Waals surface area contributed by atoms with E-state index in [0.717, 1.165) is 18.2 Å². The minimum absolute atomic E-state index is 0.118. The van der Waals surface area contributed by atoms with Crippen LogP contribution in [0.15, 0.2) is 30.7 Å². The second-order valence-corrected chi connectivity index (χ2v) is 3.97. The highest BCUT2D eigenvalue weighted by molar-refractivity contribution is 5.20. The molecule has 96 valence electrons. The predicted molar refractivity (Wildman–Crippen MR) is 61.7 cm³/mol. The van der Waals surface area contributed by atoms with Gasteiger partial charge in [-0.2, -0.15) is 0 Å². The molecule has 1 aromatic carbocycles. The summed E-state index contributed by atoms with van der Waals surface area (Å²) in [6.07, 6.45) is 2.97. The van der Waals surface area contributed by atoms with E-state index in [2.05, 4.69) is 4.98 Å². The molecule has 2 rings (SSSR count). The Bertz CT molecular complexity index is 542. The molecule has 0 aliphatic carbocycles. The van der Waals surface area contributed by atoms with Gasteiger partial charge in [0.1, 0.15) is 11.6 Å². The zero-order valence-electron chi connectivity index (χ0n) is 9.55. The van der Waals surface area contributed by atoms with Crippen LogP contribution in [0.2, 0.25) is 0 Å². The van der Waals surface area contributed by atoms with Gasteiger partial charge in [-0.05, 0) is 18.2 Å². The van der Waals surface area contributed by atoms with Crippen molar-refractivity contribution in [1.29, 1.82) is 0 Å². The van der Waals surface area contributed by atoms with Gasteiger partial charge < -0.3 is 15.4 Å². The van der Waals surface area contributed by atoms with Crippen LogP contribution in [0.3, 0.4) is 0 Å². The summed E-state index contributed by atoms with van der Waals surface area (Å²) in [5.74, 6) is -0.992. The number of imidazole rings is 1. The minimum atomic E-state index is -0.593. The number of aliphatic hydroxyl groups excluding tert-OH is 1. The number of nitrogens with zero attached hydrogens (tertiary/aromatic N) is 2. The molecule has 18 heavy (non-hydrogen) atoms. The lowest BCUT2D eigenvalue weighted by Gasteiger charge is -2.12. The molecule has 0 amide bonds. The summed E-state index contributed by atoms with van der Waals surface area (Å²) in [5.41, 5.74) is 6.46. The maximum atomic E-state index is 13.5. The Balaban J connectivity index is 2.29. The van der Waals surface area contributed by atoms with E-state index in [1.807, 2.05) is 0 Å². The quantitative estimate of drug-likeness (QED) is 0.860. The number of aromatic nitrogens is 2. The first-order valence-electron chi connectivity index (χ1n) is 5.42. The van der Waals surface area contributed by atoms with Gasteiger partial charge in [0.2, 0.25) is 0 Å². The number of benzene rings is 1. The maximum absolute atomic E-state index is 13.5. The third-order valence-corrected chi connectivity index (χ3v) is 2.67. The highest BCUT2D eigenvalue weighted by atomic mass is 19.1. The van der Waals surface area contributed by atoms with E-state index >= 15 is 0 Å². The highest BCUT2D eigenvalue weighted by Gasteiger charge is 2.12. The van der Waals surface area contributed by atoms with E-state index in [1.165, 1.54) is 12.5 Å². The molecular weight excluding hydrogens is 240 g/mol. The largest absolute Gasteiger partial charge is 0.394 e. The van der Waals surface area contributed by atoms with E-state index in [-0.39, 0.29) is 18.7 Å². The molecule has 0 spiro atoms. The number of rotatable bonds is 4. The van der Waals surface area contributed by atoms with Crippen molar-refractivity contribution >= 4 is 0 Å². The van der Waals surface area contributed by atoms with E-state index in [4.69, 9.17) is 10.8 Å². The molecule has 4 nitrogen and oxygen atoms in total. The van der Waals surface area contributed by atoms with Gasteiger partial charge in [0.25, 0.3) is 0 Å². The first-order valence-corrected chi connectivity index (χ1v) is 5.42. The summed E-state index contributed by atoms with van der Waals surface area (Å²) in [6, 6.07) is 2.67. The molecule has 0 aliphatic rings. The number of hydrogen-bond acceptors (Lipinski definition) is 3. The summed E-state index contributed by atoms with van der Waals surface area (Å²) in [6.45, 7) is -0.121. The summed E-state index contributed by atoms with van der Waals surface area (Å²) in [4.78, 5) is 3.90. The lowest BCUT2D eigenvalue weighted by molar-refractivity contribution is 0.263. The predicted octanol–water partition coefficient (Wildman–Crippen LogP) is 1.20. The number of aliphatic hydroxyl groups is 1.